The summed E-state index contributed by atoms with van der Waals surface area (Å²) in [5.41, 5.74) is 1.17. The summed E-state index contributed by atoms with van der Waals surface area (Å²) in [6, 6.07) is 11.6. The zero-order chi connectivity index (χ0) is 24.0. The largest absolute Gasteiger partial charge is 0.395 e. The standard InChI is InChI=1S/C17H19F3N2OS2.C6H13NO/c1-13(17(18,19)20)14-4-6-15(7-5-14)21-8-10-22(11-9-21)25(23)16-3-2-12-24-16;1-5(2)7-6-3-8-4-6/h2-7,12-13H,8-11H2,1H3;5-7H,3-4H2,1-2H3. The summed E-state index contributed by atoms with van der Waals surface area (Å²) in [5, 5.41) is 5.26. The van der Waals surface area contributed by atoms with Crippen molar-refractivity contribution in [2.45, 2.75) is 49.2 Å². The number of halogens is 3. The van der Waals surface area contributed by atoms with Crippen LogP contribution in [0.4, 0.5) is 18.9 Å². The highest BCUT2D eigenvalue weighted by molar-refractivity contribution is 7.85. The van der Waals surface area contributed by atoms with Crippen molar-refractivity contribution in [2.75, 3.05) is 44.3 Å². The Kier molecular flexibility index (Phi) is 9.34. The van der Waals surface area contributed by atoms with Gasteiger partial charge in [0.05, 0.1) is 25.2 Å². The Morgan fingerprint density at radius 3 is 2.12 bits per heavy atom. The number of anilines is 1. The van der Waals surface area contributed by atoms with Crippen molar-refractivity contribution < 1.29 is 22.1 Å². The van der Waals surface area contributed by atoms with E-state index in [2.05, 4.69) is 24.1 Å². The maximum atomic E-state index is 12.8. The number of hydrogen-bond donors (Lipinski definition) is 1. The molecule has 10 heteroatoms. The maximum absolute atomic E-state index is 12.8. The topological polar surface area (TPSA) is 44.8 Å². The molecule has 2 unspecified atom stereocenters. The molecule has 1 aromatic heterocycles. The molecule has 33 heavy (non-hydrogen) atoms. The van der Waals surface area contributed by atoms with Gasteiger partial charge in [0.1, 0.15) is 15.2 Å². The smallest absolute Gasteiger partial charge is 0.378 e. The minimum absolute atomic E-state index is 0.272. The minimum Gasteiger partial charge on any atom is -0.378 e. The van der Waals surface area contributed by atoms with Gasteiger partial charge in [-0.2, -0.15) is 13.2 Å². The summed E-state index contributed by atoms with van der Waals surface area (Å²) in [7, 11) is -1.13. The minimum atomic E-state index is -4.22. The van der Waals surface area contributed by atoms with Crippen LogP contribution in [0.3, 0.4) is 0 Å². The predicted molar refractivity (Wildman–Crippen MR) is 128 cm³/mol. The summed E-state index contributed by atoms with van der Waals surface area (Å²) in [6.07, 6.45) is -4.22. The molecule has 2 saturated heterocycles. The van der Waals surface area contributed by atoms with Crippen molar-refractivity contribution in [1.82, 2.24) is 9.62 Å². The maximum Gasteiger partial charge on any atom is 0.395 e. The van der Waals surface area contributed by atoms with Gasteiger partial charge >= 0.3 is 6.18 Å². The normalized spacial score (nSPS) is 19.5. The lowest BCUT2D eigenvalue weighted by Gasteiger charge is -2.35. The average Bonchev–Trinajstić information content (AvgIpc) is 3.30. The summed E-state index contributed by atoms with van der Waals surface area (Å²) in [6.45, 7) is 9.99. The number of nitrogens with zero attached hydrogens (tertiary/aromatic N) is 2. The lowest BCUT2D eigenvalue weighted by molar-refractivity contribution is -0.146. The molecule has 2 aromatic rings. The molecule has 184 valence electrons. The first kappa shape index (κ1) is 26.2. The van der Waals surface area contributed by atoms with Crippen molar-refractivity contribution in [3.8, 4) is 0 Å². The number of alkyl halides is 3. The molecule has 2 aliphatic heterocycles. The number of piperazine rings is 1. The van der Waals surface area contributed by atoms with Gasteiger partial charge < -0.3 is 15.0 Å². The average molecular weight is 504 g/mol. The van der Waals surface area contributed by atoms with E-state index in [0.29, 0.717) is 38.3 Å². The Hall–Kier alpha value is -1.46. The molecule has 1 aromatic carbocycles. The van der Waals surface area contributed by atoms with Gasteiger partial charge in [-0.05, 0) is 36.1 Å². The van der Waals surface area contributed by atoms with Crippen LogP contribution in [-0.4, -0.2) is 66.2 Å². The second-order valence-electron chi connectivity index (χ2n) is 8.51. The van der Waals surface area contributed by atoms with E-state index in [-0.39, 0.29) is 5.56 Å². The molecule has 2 atom stereocenters. The van der Waals surface area contributed by atoms with Gasteiger partial charge in [-0.25, -0.2) is 8.51 Å². The van der Waals surface area contributed by atoms with Crippen LogP contribution in [0.25, 0.3) is 0 Å². The van der Waals surface area contributed by atoms with Crippen LogP contribution in [0, 0.1) is 0 Å². The quantitative estimate of drug-likeness (QED) is 0.624. The van der Waals surface area contributed by atoms with E-state index >= 15 is 0 Å². The molecule has 3 heterocycles. The Labute approximate surface area is 200 Å². The summed E-state index contributed by atoms with van der Waals surface area (Å²) >= 11 is 1.48. The van der Waals surface area contributed by atoms with Crippen LogP contribution < -0.4 is 10.2 Å². The fraction of sp³-hybridized carbons (Fsp3) is 0.565. The van der Waals surface area contributed by atoms with Gasteiger partial charge in [-0.1, -0.05) is 32.0 Å². The molecule has 0 radical (unpaired) electrons. The second-order valence-corrected chi connectivity index (χ2v) is 11.2. The molecular weight excluding hydrogens is 471 g/mol. The van der Waals surface area contributed by atoms with Crippen molar-refractivity contribution in [2.24, 2.45) is 0 Å². The molecule has 5 nitrogen and oxygen atoms in total. The van der Waals surface area contributed by atoms with E-state index in [9.17, 15) is 17.4 Å². The highest BCUT2D eigenvalue weighted by Gasteiger charge is 2.37. The van der Waals surface area contributed by atoms with Gasteiger partial charge in [-0.3, -0.25) is 0 Å². The molecule has 0 saturated carbocycles. The SMILES string of the molecule is CC(C)NC1COC1.CC(c1ccc(N2CCN(S(=O)c3cccs3)CC2)cc1)C(F)(F)F. The number of rotatable bonds is 6. The number of hydrogen-bond acceptors (Lipinski definition) is 5. The van der Waals surface area contributed by atoms with E-state index < -0.39 is 23.1 Å². The molecule has 1 N–H and O–H groups in total. The first-order valence-corrected chi connectivity index (χ1v) is 13.1. The highest BCUT2D eigenvalue weighted by atomic mass is 32.2. The van der Waals surface area contributed by atoms with Gasteiger partial charge in [0.15, 0.2) is 0 Å². The Bertz CT molecular complexity index is 864. The third-order valence-electron chi connectivity index (χ3n) is 5.60. The molecule has 0 bridgehead atoms. The molecule has 4 rings (SSSR count). The van der Waals surface area contributed by atoms with Crippen LogP contribution in [0.1, 0.15) is 32.3 Å². The Morgan fingerprint density at radius 2 is 1.70 bits per heavy atom. The number of nitrogens with one attached hydrogen (secondary N) is 1. The molecule has 2 aliphatic rings. The fourth-order valence-electron chi connectivity index (χ4n) is 3.57. The molecule has 0 amide bonds. The summed E-state index contributed by atoms with van der Waals surface area (Å²) in [4.78, 5) is 2.12. The number of benzene rings is 1. The van der Waals surface area contributed by atoms with E-state index in [1.54, 1.807) is 24.3 Å². The van der Waals surface area contributed by atoms with Crippen LogP contribution in [0.5, 0.6) is 0 Å². The lowest BCUT2D eigenvalue weighted by atomic mass is 10.0. The highest BCUT2D eigenvalue weighted by Crippen LogP contribution is 2.35. The van der Waals surface area contributed by atoms with Gasteiger partial charge in [0, 0.05) is 37.9 Å². The zero-order valence-electron chi connectivity index (χ0n) is 19.2. The molecule has 0 aliphatic carbocycles. The van der Waals surface area contributed by atoms with E-state index in [0.717, 1.165) is 23.1 Å². The Morgan fingerprint density at radius 1 is 1.06 bits per heavy atom. The lowest BCUT2D eigenvalue weighted by Crippen LogP contribution is -2.48. The first-order chi connectivity index (χ1) is 15.6. The Balaban J connectivity index is 0.000000323. The van der Waals surface area contributed by atoms with Gasteiger partial charge in [0.2, 0.25) is 0 Å². The van der Waals surface area contributed by atoms with Crippen molar-refractivity contribution in [3.63, 3.8) is 0 Å². The molecular formula is C23H32F3N3O2S2. The van der Waals surface area contributed by atoms with Crippen LogP contribution >= 0.6 is 11.3 Å². The molecule has 2 fully saturated rings. The second kappa shape index (κ2) is 11.8. The first-order valence-electron chi connectivity index (χ1n) is 11.1. The molecule has 0 spiro atoms. The summed E-state index contributed by atoms with van der Waals surface area (Å²) < 4.78 is 58.5. The van der Waals surface area contributed by atoms with Crippen LogP contribution in [0.2, 0.25) is 0 Å². The van der Waals surface area contributed by atoms with E-state index in [1.165, 1.54) is 18.3 Å². The fourth-order valence-corrected chi connectivity index (χ4v) is 5.77. The predicted octanol–water partition coefficient (Wildman–Crippen LogP) is 4.64. The third kappa shape index (κ3) is 7.51. The van der Waals surface area contributed by atoms with E-state index in [4.69, 9.17) is 4.74 Å². The van der Waals surface area contributed by atoms with Crippen molar-refractivity contribution >= 4 is 28.0 Å². The van der Waals surface area contributed by atoms with Crippen LogP contribution in [0.15, 0.2) is 46.0 Å². The zero-order valence-corrected chi connectivity index (χ0v) is 20.8. The monoisotopic (exact) mass is 503 g/mol. The summed E-state index contributed by atoms with van der Waals surface area (Å²) in [5.74, 6) is -1.47. The van der Waals surface area contributed by atoms with E-state index in [1.807, 2.05) is 21.8 Å². The van der Waals surface area contributed by atoms with Gasteiger partial charge in [0.25, 0.3) is 0 Å². The van der Waals surface area contributed by atoms with Crippen molar-refractivity contribution in [1.29, 1.82) is 0 Å². The number of thiophene rings is 1. The van der Waals surface area contributed by atoms with Gasteiger partial charge in [-0.15, -0.1) is 11.3 Å². The third-order valence-corrected chi connectivity index (χ3v) is 8.29. The van der Waals surface area contributed by atoms with Crippen molar-refractivity contribution in [3.05, 3.63) is 47.3 Å². The van der Waals surface area contributed by atoms with Crippen LogP contribution in [-0.2, 0) is 15.7 Å². The number of ether oxygens (including phenoxy) is 1.